The van der Waals surface area contributed by atoms with Gasteiger partial charge in [-0.05, 0) is 19.1 Å². The van der Waals surface area contributed by atoms with Crippen molar-refractivity contribution in [1.82, 2.24) is 24.5 Å². The first-order chi connectivity index (χ1) is 13.0. The van der Waals surface area contributed by atoms with Crippen molar-refractivity contribution in [2.75, 3.05) is 12.5 Å². The van der Waals surface area contributed by atoms with Crippen LogP contribution in [0.2, 0.25) is 0 Å². The molecule has 140 valence electrons. The number of carbonyl (C=O) groups excluding carboxylic acids is 1. The van der Waals surface area contributed by atoms with Crippen LogP contribution in [-0.4, -0.2) is 32.1 Å². The van der Waals surface area contributed by atoms with Gasteiger partial charge in [-0.25, -0.2) is 9.78 Å². The topological polar surface area (TPSA) is 120 Å². The molecule has 1 amide bonds. The summed E-state index contributed by atoms with van der Waals surface area (Å²) in [6, 6.07) is 8.23. The number of amides is 1. The number of fused-ring (bicyclic) bond motifs is 1. The largest absolute Gasteiger partial charge is 0.481 e. The number of anilines is 1. The summed E-state index contributed by atoms with van der Waals surface area (Å²) in [5.74, 6) is -0.0348. The van der Waals surface area contributed by atoms with Crippen LogP contribution in [-0.2, 0) is 17.9 Å². The van der Waals surface area contributed by atoms with E-state index in [4.69, 9.17) is 4.74 Å². The molecule has 3 rings (SSSR count). The third kappa shape index (κ3) is 3.64. The van der Waals surface area contributed by atoms with E-state index in [-0.39, 0.29) is 24.6 Å². The van der Waals surface area contributed by atoms with Crippen LogP contribution in [0.5, 0.6) is 5.88 Å². The van der Waals surface area contributed by atoms with E-state index in [1.165, 1.54) is 17.9 Å². The molecule has 2 aromatic heterocycles. The number of para-hydroxylation sites is 1. The average Bonchev–Trinajstić information content (AvgIpc) is 2.70. The SMILES string of the molecule is CCn1c(=O)c2ccccc2n(CC(=O)NNc2nccc(OC)n2)c1=O. The predicted octanol–water partition coefficient (Wildman–Crippen LogP) is 0.125. The second-order valence-electron chi connectivity index (χ2n) is 5.53. The lowest BCUT2D eigenvalue weighted by Gasteiger charge is -2.13. The molecule has 1 aromatic carbocycles. The second-order valence-corrected chi connectivity index (χ2v) is 5.53. The summed E-state index contributed by atoms with van der Waals surface area (Å²) in [4.78, 5) is 45.3. The van der Waals surface area contributed by atoms with E-state index >= 15 is 0 Å². The van der Waals surface area contributed by atoms with E-state index in [1.807, 2.05) is 0 Å². The molecule has 0 unspecified atom stereocenters. The fourth-order valence-corrected chi connectivity index (χ4v) is 2.63. The van der Waals surface area contributed by atoms with Gasteiger partial charge in [0.2, 0.25) is 11.8 Å². The Balaban J connectivity index is 1.86. The van der Waals surface area contributed by atoms with Gasteiger partial charge < -0.3 is 4.74 Å². The molecule has 3 aromatic rings. The van der Waals surface area contributed by atoms with Gasteiger partial charge >= 0.3 is 5.69 Å². The Bertz CT molecular complexity index is 1100. The number of rotatable bonds is 6. The number of hydrogen-bond acceptors (Lipinski definition) is 7. The lowest BCUT2D eigenvalue weighted by Crippen LogP contribution is -2.43. The van der Waals surface area contributed by atoms with Crippen LogP contribution in [0.3, 0.4) is 0 Å². The molecule has 0 spiro atoms. The van der Waals surface area contributed by atoms with Crippen LogP contribution in [0.1, 0.15) is 6.92 Å². The monoisotopic (exact) mass is 370 g/mol. The van der Waals surface area contributed by atoms with Crippen molar-refractivity contribution >= 4 is 22.8 Å². The molecule has 2 N–H and O–H groups in total. The maximum atomic E-state index is 12.6. The van der Waals surface area contributed by atoms with Gasteiger partial charge in [0.15, 0.2) is 0 Å². The van der Waals surface area contributed by atoms with Crippen molar-refractivity contribution in [3.63, 3.8) is 0 Å². The molecule has 10 nitrogen and oxygen atoms in total. The normalized spacial score (nSPS) is 10.6. The minimum absolute atomic E-state index is 0.137. The molecular weight excluding hydrogens is 352 g/mol. The van der Waals surface area contributed by atoms with E-state index in [0.717, 1.165) is 4.57 Å². The molecule has 0 radical (unpaired) electrons. The van der Waals surface area contributed by atoms with Gasteiger partial charge in [-0.3, -0.25) is 29.6 Å². The van der Waals surface area contributed by atoms with E-state index in [0.29, 0.717) is 16.8 Å². The Morgan fingerprint density at radius 1 is 1.19 bits per heavy atom. The fraction of sp³-hybridized carbons (Fsp3) is 0.235. The van der Waals surface area contributed by atoms with Crippen molar-refractivity contribution in [3.8, 4) is 5.88 Å². The highest BCUT2D eigenvalue weighted by molar-refractivity contribution is 5.82. The summed E-state index contributed by atoms with van der Waals surface area (Å²) < 4.78 is 7.32. The van der Waals surface area contributed by atoms with Gasteiger partial charge in [0, 0.05) is 18.8 Å². The average molecular weight is 370 g/mol. The van der Waals surface area contributed by atoms with Crippen LogP contribution in [0.15, 0.2) is 46.1 Å². The first kappa shape index (κ1) is 18.1. The molecule has 0 saturated carbocycles. The number of nitrogens with one attached hydrogen (secondary N) is 2. The molecule has 0 aliphatic heterocycles. The zero-order valence-corrected chi connectivity index (χ0v) is 14.8. The van der Waals surface area contributed by atoms with Gasteiger partial charge in [0.1, 0.15) is 6.54 Å². The number of hydrogen-bond donors (Lipinski definition) is 2. The molecule has 0 fully saturated rings. The zero-order chi connectivity index (χ0) is 19.4. The summed E-state index contributed by atoms with van der Waals surface area (Å²) in [7, 11) is 1.46. The second kappa shape index (κ2) is 7.68. The maximum Gasteiger partial charge on any atom is 0.331 e. The molecule has 0 saturated heterocycles. The molecule has 2 heterocycles. The molecule has 27 heavy (non-hydrogen) atoms. The van der Waals surface area contributed by atoms with Crippen molar-refractivity contribution in [2.24, 2.45) is 0 Å². The Labute approximate surface area is 153 Å². The van der Waals surface area contributed by atoms with Crippen molar-refractivity contribution in [1.29, 1.82) is 0 Å². The third-order valence-corrected chi connectivity index (χ3v) is 3.90. The summed E-state index contributed by atoms with van der Waals surface area (Å²) in [5, 5.41) is 0.371. The van der Waals surface area contributed by atoms with E-state index in [9.17, 15) is 14.4 Å². The molecular formula is C17H18N6O4. The number of methoxy groups -OCH3 is 1. The van der Waals surface area contributed by atoms with Crippen LogP contribution >= 0.6 is 0 Å². The molecule has 0 aliphatic carbocycles. The smallest absolute Gasteiger partial charge is 0.331 e. The van der Waals surface area contributed by atoms with Crippen molar-refractivity contribution in [2.45, 2.75) is 20.0 Å². The molecule has 0 bridgehead atoms. The van der Waals surface area contributed by atoms with E-state index < -0.39 is 11.6 Å². The number of aromatic nitrogens is 4. The van der Waals surface area contributed by atoms with Gasteiger partial charge in [-0.1, -0.05) is 12.1 Å². The molecule has 10 heteroatoms. The number of ether oxygens (including phenoxy) is 1. The van der Waals surface area contributed by atoms with Crippen LogP contribution in [0, 0.1) is 0 Å². The predicted molar refractivity (Wildman–Crippen MR) is 98.5 cm³/mol. The summed E-state index contributed by atoms with van der Waals surface area (Å²) in [5.41, 5.74) is 4.46. The molecule has 0 aliphatic rings. The number of benzene rings is 1. The van der Waals surface area contributed by atoms with Crippen LogP contribution < -0.4 is 26.8 Å². The van der Waals surface area contributed by atoms with Crippen molar-refractivity contribution in [3.05, 3.63) is 57.4 Å². The highest BCUT2D eigenvalue weighted by Gasteiger charge is 2.14. The Morgan fingerprint density at radius 2 is 1.96 bits per heavy atom. The first-order valence-corrected chi connectivity index (χ1v) is 8.19. The lowest BCUT2D eigenvalue weighted by atomic mass is 10.2. The van der Waals surface area contributed by atoms with Crippen LogP contribution in [0.4, 0.5) is 5.95 Å². The number of carbonyl (C=O) groups is 1. The maximum absolute atomic E-state index is 12.6. The highest BCUT2D eigenvalue weighted by Crippen LogP contribution is 2.08. The lowest BCUT2D eigenvalue weighted by molar-refractivity contribution is -0.121. The van der Waals surface area contributed by atoms with Crippen LogP contribution in [0.25, 0.3) is 10.9 Å². The first-order valence-electron chi connectivity index (χ1n) is 8.19. The van der Waals surface area contributed by atoms with Gasteiger partial charge in [0.25, 0.3) is 11.5 Å². The summed E-state index contributed by atoms with van der Waals surface area (Å²) in [6.45, 7) is 1.63. The zero-order valence-electron chi connectivity index (χ0n) is 14.8. The Kier molecular flexibility index (Phi) is 5.15. The minimum Gasteiger partial charge on any atom is -0.481 e. The molecule has 0 atom stereocenters. The van der Waals surface area contributed by atoms with E-state index in [2.05, 4.69) is 20.8 Å². The highest BCUT2D eigenvalue weighted by atomic mass is 16.5. The Morgan fingerprint density at radius 3 is 2.70 bits per heavy atom. The summed E-state index contributed by atoms with van der Waals surface area (Å²) >= 11 is 0. The third-order valence-electron chi connectivity index (χ3n) is 3.90. The fourth-order valence-electron chi connectivity index (χ4n) is 2.63. The van der Waals surface area contributed by atoms with Gasteiger partial charge in [-0.2, -0.15) is 4.98 Å². The quantitative estimate of drug-likeness (QED) is 0.592. The Hall–Kier alpha value is -3.69. The van der Waals surface area contributed by atoms with Gasteiger partial charge in [0.05, 0.1) is 18.0 Å². The van der Waals surface area contributed by atoms with E-state index in [1.54, 1.807) is 37.3 Å². The number of hydrazine groups is 1. The number of nitrogens with zero attached hydrogens (tertiary/aromatic N) is 4. The van der Waals surface area contributed by atoms with Gasteiger partial charge in [-0.15, -0.1) is 0 Å². The van der Waals surface area contributed by atoms with Crippen molar-refractivity contribution < 1.29 is 9.53 Å². The summed E-state index contributed by atoms with van der Waals surface area (Å²) in [6.07, 6.45) is 1.47. The standard InChI is InChI=1S/C17H18N6O4/c1-3-22-15(25)11-6-4-5-7-12(11)23(17(22)26)10-13(24)20-21-16-18-9-8-14(19-16)27-2/h4-9H,3,10H2,1-2H3,(H,20,24)(H,18,19,21). The minimum atomic E-state index is -0.547.